The molecule has 0 saturated carbocycles. The lowest BCUT2D eigenvalue weighted by Gasteiger charge is -2.32. The molecule has 0 atom stereocenters. The van der Waals surface area contributed by atoms with Crippen molar-refractivity contribution in [1.29, 1.82) is 0 Å². The summed E-state index contributed by atoms with van der Waals surface area (Å²) in [6.07, 6.45) is 0. The average molecular weight is 503 g/mol. The van der Waals surface area contributed by atoms with E-state index < -0.39 is 5.24 Å². The third-order valence-electron chi connectivity index (χ3n) is 3.95. The van der Waals surface area contributed by atoms with Gasteiger partial charge in [0.05, 0.1) is 0 Å². The summed E-state index contributed by atoms with van der Waals surface area (Å²) in [5.74, 6) is 0.139. The van der Waals surface area contributed by atoms with Gasteiger partial charge in [-0.15, -0.1) is 0 Å². The minimum absolute atomic E-state index is 0.139. The standard InChI is InChI=1S/C12H15BrN2O.C7H4BrClO/c1-14-6-8-15(9-7-14)12(16)10-2-4-11(13)5-3-10;8-6-3-1-5(2-4-6)7(9)10/h2-5H,6-9H2,1H3;1-4H. The summed E-state index contributed by atoms with van der Waals surface area (Å²) in [7, 11) is 2.08. The Morgan fingerprint density at radius 2 is 1.23 bits per heavy atom. The molecule has 2 aromatic rings. The second-order valence-corrected chi connectivity index (χ2v) is 8.06. The van der Waals surface area contributed by atoms with Crippen LogP contribution in [0.3, 0.4) is 0 Å². The van der Waals surface area contributed by atoms with E-state index in [1.165, 1.54) is 0 Å². The highest BCUT2D eigenvalue weighted by Crippen LogP contribution is 2.13. The maximum atomic E-state index is 12.1. The minimum atomic E-state index is -0.424. The first-order chi connectivity index (χ1) is 12.4. The number of hydrogen-bond donors (Lipinski definition) is 0. The SMILES string of the molecule is CN1CCN(C(=O)c2ccc(Br)cc2)CC1.O=C(Cl)c1ccc(Br)cc1. The van der Waals surface area contributed by atoms with Crippen molar-refractivity contribution in [2.45, 2.75) is 0 Å². The minimum Gasteiger partial charge on any atom is -0.336 e. The van der Waals surface area contributed by atoms with Gasteiger partial charge in [-0.25, -0.2) is 0 Å². The van der Waals surface area contributed by atoms with Gasteiger partial charge in [-0.1, -0.05) is 31.9 Å². The Morgan fingerprint density at radius 1 is 0.808 bits per heavy atom. The lowest BCUT2D eigenvalue weighted by molar-refractivity contribution is 0.0664. The Labute approximate surface area is 175 Å². The molecule has 0 unspecified atom stereocenters. The quantitative estimate of drug-likeness (QED) is 0.561. The Hall–Kier alpha value is -1.21. The van der Waals surface area contributed by atoms with Gasteiger partial charge in [0.1, 0.15) is 0 Å². The van der Waals surface area contributed by atoms with Gasteiger partial charge in [-0.3, -0.25) is 9.59 Å². The summed E-state index contributed by atoms with van der Waals surface area (Å²) in [4.78, 5) is 26.8. The number of halogens is 3. The molecule has 3 rings (SSSR count). The first kappa shape index (κ1) is 21.1. The highest BCUT2D eigenvalue weighted by Gasteiger charge is 2.19. The zero-order valence-electron chi connectivity index (χ0n) is 14.3. The lowest BCUT2D eigenvalue weighted by atomic mass is 10.2. The van der Waals surface area contributed by atoms with Gasteiger partial charge >= 0.3 is 0 Å². The number of rotatable bonds is 2. The zero-order chi connectivity index (χ0) is 19.1. The van der Waals surface area contributed by atoms with E-state index in [1.54, 1.807) is 24.3 Å². The molecule has 1 amide bonds. The molecule has 4 nitrogen and oxygen atoms in total. The van der Waals surface area contributed by atoms with Crippen LogP contribution in [-0.4, -0.2) is 54.2 Å². The highest BCUT2D eigenvalue weighted by molar-refractivity contribution is 9.10. The largest absolute Gasteiger partial charge is 0.336 e. The van der Waals surface area contributed by atoms with Crippen molar-refractivity contribution in [2.24, 2.45) is 0 Å². The zero-order valence-corrected chi connectivity index (χ0v) is 18.2. The van der Waals surface area contributed by atoms with Crippen LogP contribution < -0.4 is 0 Å². The molecule has 1 aliphatic rings. The molecule has 2 aromatic carbocycles. The summed E-state index contributed by atoms with van der Waals surface area (Å²) < 4.78 is 1.94. The van der Waals surface area contributed by atoms with Crippen LogP contribution in [0.5, 0.6) is 0 Å². The fraction of sp³-hybridized carbons (Fsp3) is 0.263. The molecule has 0 aromatic heterocycles. The summed E-state index contributed by atoms with van der Waals surface area (Å²) in [5, 5.41) is -0.424. The van der Waals surface area contributed by atoms with E-state index in [0.29, 0.717) is 5.56 Å². The number of nitrogens with zero attached hydrogens (tertiary/aromatic N) is 2. The predicted octanol–water partition coefficient (Wildman–Crippen LogP) is 4.66. The summed E-state index contributed by atoms with van der Waals surface area (Å²) >= 11 is 11.8. The molecule has 1 saturated heterocycles. The van der Waals surface area contributed by atoms with Gasteiger partial charge in [-0.05, 0) is 67.2 Å². The first-order valence-electron chi connectivity index (χ1n) is 8.05. The number of amides is 1. The molecule has 7 heteroatoms. The van der Waals surface area contributed by atoms with Crippen molar-refractivity contribution in [3.8, 4) is 0 Å². The number of piperazine rings is 1. The Balaban J connectivity index is 0.000000209. The Morgan fingerprint density at radius 3 is 1.65 bits per heavy atom. The van der Waals surface area contributed by atoms with Crippen molar-refractivity contribution in [3.05, 3.63) is 68.6 Å². The maximum absolute atomic E-state index is 12.1. The molecule has 1 aliphatic heterocycles. The number of likely N-dealkylation sites (N-methyl/N-ethyl adjacent to an activating group) is 1. The van der Waals surface area contributed by atoms with Gasteiger partial charge in [0, 0.05) is 46.3 Å². The number of hydrogen-bond acceptors (Lipinski definition) is 3. The van der Waals surface area contributed by atoms with E-state index in [1.807, 2.05) is 29.2 Å². The lowest BCUT2D eigenvalue weighted by Crippen LogP contribution is -2.47. The van der Waals surface area contributed by atoms with E-state index in [0.717, 1.165) is 40.7 Å². The fourth-order valence-electron chi connectivity index (χ4n) is 2.37. The molecular formula is C19H19Br2ClN2O2. The Kier molecular flexibility index (Phi) is 8.28. The molecule has 0 N–H and O–H groups in total. The third-order valence-corrected chi connectivity index (χ3v) is 5.23. The second kappa shape index (κ2) is 10.2. The molecule has 1 fully saturated rings. The van der Waals surface area contributed by atoms with Crippen LogP contribution in [0.2, 0.25) is 0 Å². The van der Waals surface area contributed by atoms with Gasteiger partial charge < -0.3 is 9.80 Å². The van der Waals surface area contributed by atoms with Crippen molar-refractivity contribution in [3.63, 3.8) is 0 Å². The normalized spacial score (nSPS) is 14.4. The topological polar surface area (TPSA) is 40.6 Å². The first-order valence-corrected chi connectivity index (χ1v) is 10.0. The van der Waals surface area contributed by atoms with Crippen molar-refractivity contribution in [2.75, 3.05) is 33.2 Å². The van der Waals surface area contributed by atoms with Gasteiger partial charge in [0.15, 0.2) is 0 Å². The smallest absolute Gasteiger partial charge is 0.253 e. The van der Waals surface area contributed by atoms with Crippen LogP contribution in [0.1, 0.15) is 20.7 Å². The third kappa shape index (κ3) is 6.50. The van der Waals surface area contributed by atoms with Crippen LogP contribution >= 0.6 is 43.5 Å². The van der Waals surface area contributed by atoms with E-state index in [-0.39, 0.29) is 5.91 Å². The summed E-state index contributed by atoms with van der Waals surface area (Å²) in [5.41, 5.74) is 1.29. The molecule has 1 heterocycles. The van der Waals surface area contributed by atoms with Crippen molar-refractivity contribution >= 4 is 54.6 Å². The second-order valence-electron chi connectivity index (χ2n) is 5.88. The average Bonchev–Trinajstić information content (AvgIpc) is 2.63. The highest BCUT2D eigenvalue weighted by atomic mass is 79.9. The van der Waals surface area contributed by atoms with E-state index >= 15 is 0 Å². The summed E-state index contributed by atoms with van der Waals surface area (Å²) in [6.45, 7) is 3.57. The number of carbonyl (C=O) groups excluding carboxylic acids is 2. The molecule has 26 heavy (non-hydrogen) atoms. The molecule has 0 spiro atoms. The summed E-state index contributed by atoms with van der Waals surface area (Å²) in [6, 6.07) is 14.4. The molecule has 138 valence electrons. The van der Waals surface area contributed by atoms with Crippen LogP contribution in [-0.2, 0) is 0 Å². The van der Waals surface area contributed by atoms with E-state index in [2.05, 4.69) is 43.8 Å². The molecule has 0 aliphatic carbocycles. The predicted molar refractivity (Wildman–Crippen MR) is 112 cm³/mol. The monoisotopic (exact) mass is 500 g/mol. The van der Waals surface area contributed by atoms with Crippen molar-refractivity contribution in [1.82, 2.24) is 9.80 Å². The van der Waals surface area contributed by atoms with Gasteiger partial charge in [0.2, 0.25) is 0 Å². The molecular weight excluding hydrogens is 483 g/mol. The van der Waals surface area contributed by atoms with Gasteiger partial charge in [0.25, 0.3) is 11.1 Å². The molecule has 0 radical (unpaired) electrons. The van der Waals surface area contributed by atoms with Crippen LogP contribution in [0.4, 0.5) is 0 Å². The van der Waals surface area contributed by atoms with Crippen LogP contribution in [0.15, 0.2) is 57.5 Å². The van der Waals surface area contributed by atoms with E-state index in [9.17, 15) is 9.59 Å². The number of carbonyl (C=O) groups is 2. The van der Waals surface area contributed by atoms with Gasteiger partial charge in [-0.2, -0.15) is 0 Å². The Bertz CT molecular complexity index is 743. The fourth-order valence-corrected chi connectivity index (χ4v) is 3.02. The van der Waals surface area contributed by atoms with Crippen LogP contribution in [0.25, 0.3) is 0 Å². The van der Waals surface area contributed by atoms with Crippen molar-refractivity contribution < 1.29 is 9.59 Å². The number of benzene rings is 2. The van der Waals surface area contributed by atoms with E-state index in [4.69, 9.17) is 11.6 Å². The van der Waals surface area contributed by atoms with Crippen LogP contribution in [0, 0.1) is 0 Å². The molecule has 0 bridgehead atoms. The maximum Gasteiger partial charge on any atom is 0.253 e.